The van der Waals surface area contributed by atoms with E-state index >= 15 is 0 Å². The zero-order valence-corrected chi connectivity index (χ0v) is 38.4. The Balaban J connectivity index is 0. The largest absolute Gasteiger partial charge is 0.472 e. The Bertz CT molecular complexity index is 642. The van der Waals surface area contributed by atoms with Gasteiger partial charge in [0.15, 0.2) is 0 Å². The van der Waals surface area contributed by atoms with Crippen molar-refractivity contribution in [3.63, 3.8) is 0 Å². The molecule has 0 radical (unpaired) electrons. The molecule has 0 bridgehead atoms. The third-order valence-electron chi connectivity index (χ3n) is 11.1. The monoisotopic (exact) mass is 788 g/mol. The predicted octanol–water partition coefficient (Wildman–Crippen LogP) is 17.5. The van der Waals surface area contributed by atoms with E-state index in [9.17, 15) is 9.46 Å². The van der Waals surface area contributed by atoms with Crippen LogP contribution in [-0.4, -0.2) is 24.7 Å². The predicted molar refractivity (Wildman–Crippen MR) is 242 cm³/mol. The normalized spacial score (nSPS) is 11.6. The van der Waals surface area contributed by atoms with E-state index in [1.165, 1.54) is 244 Å². The van der Waals surface area contributed by atoms with Gasteiger partial charge >= 0.3 is 7.82 Å². The highest BCUT2D eigenvalue weighted by molar-refractivity contribution is 7.47. The molecule has 0 unspecified atom stereocenters. The second-order valence-corrected chi connectivity index (χ2v) is 18.2. The number of phosphoric ester groups is 1. The Morgan fingerprint density at radius 1 is 0.315 bits per heavy atom. The molecular weight excluding hydrogens is 686 g/mol. The molecule has 0 aliphatic carbocycles. The van der Waals surface area contributed by atoms with Crippen LogP contribution in [0.3, 0.4) is 0 Å². The lowest BCUT2D eigenvalue weighted by Crippen LogP contribution is -1.99. The first-order valence-corrected chi connectivity index (χ1v) is 26.4. The van der Waals surface area contributed by atoms with Crippen LogP contribution in [0.25, 0.3) is 0 Å². The third-order valence-corrected chi connectivity index (χ3v) is 12.1. The molecule has 0 aliphatic heterocycles. The molecule has 0 aromatic carbocycles. The van der Waals surface area contributed by atoms with Crippen LogP contribution in [-0.2, 0) is 13.6 Å². The molecule has 0 saturated carbocycles. The van der Waals surface area contributed by atoms with Gasteiger partial charge in [0, 0.05) is 0 Å². The van der Waals surface area contributed by atoms with E-state index in [-0.39, 0.29) is 0 Å². The molecule has 6 heteroatoms. The van der Waals surface area contributed by atoms with Crippen LogP contribution >= 0.6 is 7.82 Å². The molecule has 328 valence electrons. The first-order valence-electron chi connectivity index (χ1n) is 24.9. The van der Waals surface area contributed by atoms with Crippen LogP contribution in [0.2, 0.25) is 0 Å². The molecule has 0 heterocycles. The molecule has 0 atom stereocenters. The summed E-state index contributed by atoms with van der Waals surface area (Å²) in [5.74, 6) is 0. The summed E-state index contributed by atoms with van der Waals surface area (Å²) >= 11 is 0. The van der Waals surface area contributed by atoms with Gasteiger partial charge < -0.3 is 10.6 Å². The van der Waals surface area contributed by atoms with Crippen LogP contribution < -0.4 is 5.73 Å². The van der Waals surface area contributed by atoms with E-state index in [0.29, 0.717) is 13.2 Å². The average molecular weight is 788 g/mol. The van der Waals surface area contributed by atoms with Gasteiger partial charge in [0.1, 0.15) is 0 Å². The highest BCUT2D eigenvalue weighted by Crippen LogP contribution is 2.43. The summed E-state index contributed by atoms with van der Waals surface area (Å²) in [4.78, 5) is 9.88. The molecular formula is C48H102NO4P. The Kier molecular flexibility index (Phi) is 53.1. The minimum Gasteiger partial charge on any atom is -0.330 e. The summed E-state index contributed by atoms with van der Waals surface area (Å²) in [5, 5.41) is 0. The fourth-order valence-corrected chi connectivity index (χ4v) is 8.12. The van der Waals surface area contributed by atoms with Crippen molar-refractivity contribution in [2.45, 2.75) is 290 Å². The Labute approximate surface area is 341 Å². The van der Waals surface area contributed by atoms with Crippen molar-refractivity contribution < 1.29 is 18.5 Å². The molecule has 0 amide bonds. The van der Waals surface area contributed by atoms with Crippen LogP contribution in [0.15, 0.2) is 0 Å². The Morgan fingerprint density at radius 3 is 0.667 bits per heavy atom. The van der Waals surface area contributed by atoms with Crippen molar-refractivity contribution in [1.29, 1.82) is 0 Å². The summed E-state index contributed by atoms with van der Waals surface area (Å²) < 4.78 is 22.4. The fourth-order valence-electron chi connectivity index (χ4n) is 7.33. The van der Waals surface area contributed by atoms with Crippen molar-refractivity contribution in [2.24, 2.45) is 5.73 Å². The van der Waals surface area contributed by atoms with Crippen molar-refractivity contribution >= 4 is 7.82 Å². The fraction of sp³-hybridized carbons (Fsp3) is 1.00. The number of rotatable bonds is 46. The van der Waals surface area contributed by atoms with E-state index in [0.717, 1.165) is 32.2 Å². The number of hydrogen-bond donors (Lipinski definition) is 2. The van der Waals surface area contributed by atoms with Crippen LogP contribution in [0.1, 0.15) is 290 Å². The average Bonchev–Trinajstić information content (AvgIpc) is 3.17. The van der Waals surface area contributed by atoms with Gasteiger partial charge in [-0.05, 0) is 25.8 Å². The minimum atomic E-state index is -3.87. The van der Waals surface area contributed by atoms with Crippen LogP contribution in [0, 0.1) is 0 Å². The van der Waals surface area contributed by atoms with Gasteiger partial charge in [0.2, 0.25) is 0 Å². The molecule has 0 aromatic rings. The summed E-state index contributed by atoms with van der Waals surface area (Å²) in [7, 11) is -3.87. The topological polar surface area (TPSA) is 81.8 Å². The maximum atomic E-state index is 12.0. The lowest BCUT2D eigenvalue weighted by Gasteiger charge is -2.12. The first-order chi connectivity index (χ1) is 26.5. The van der Waals surface area contributed by atoms with Gasteiger partial charge in [-0.3, -0.25) is 9.05 Å². The lowest BCUT2D eigenvalue weighted by molar-refractivity contribution is 0.145. The first kappa shape index (κ1) is 56.2. The van der Waals surface area contributed by atoms with E-state index < -0.39 is 7.82 Å². The molecule has 0 fully saturated rings. The third kappa shape index (κ3) is 54.2. The van der Waals surface area contributed by atoms with Crippen molar-refractivity contribution in [1.82, 2.24) is 0 Å². The van der Waals surface area contributed by atoms with E-state index in [2.05, 4.69) is 20.8 Å². The molecule has 5 nitrogen and oxygen atoms in total. The molecule has 0 rings (SSSR count). The summed E-state index contributed by atoms with van der Waals surface area (Å²) in [6.07, 6.45) is 56.1. The lowest BCUT2D eigenvalue weighted by atomic mass is 10.0. The molecule has 54 heavy (non-hydrogen) atoms. The number of nitrogens with two attached hydrogens (primary N) is 1. The zero-order chi connectivity index (χ0) is 39.7. The van der Waals surface area contributed by atoms with Gasteiger partial charge in [0.05, 0.1) is 13.2 Å². The SMILES string of the molecule is CCCCCCCCCCCCCCCCCCOP(=O)(O)OCCCCCCCCCCCCCCCCCC.CCCCCCCCCCCCN. The number of hydrogen-bond acceptors (Lipinski definition) is 4. The summed E-state index contributed by atoms with van der Waals surface area (Å²) in [5.41, 5.74) is 5.42. The second kappa shape index (κ2) is 51.1. The van der Waals surface area contributed by atoms with Crippen molar-refractivity contribution in [3.05, 3.63) is 0 Å². The second-order valence-electron chi connectivity index (χ2n) is 16.7. The van der Waals surface area contributed by atoms with Crippen molar-refractivity contribution in [3.8, 4) is 0 Å². The quantitative estimate of drug-likeness (QED) is 0.0474. The van der Waals surface area contributed by atoms with Gasteiger partial charge in [0.25, 0.3) is 0 Å². The van der Waals surface area contributed by atoms with Crippen LogP contribution in [0.5, 0.6) is 0 Å². The molecule has 0 aromatic heterocycles. The molecule has 3 N–H and O–H groups in total. The highest BCUT2D eigenvalue weighted by atomic mass is 31.2. The molecule has 0 aliphatic rings. The van der Waals surface area contributed by atoms with Crippen LogP contribution in [0.4, 0.5) is 0 Å². The zero-order valence-electron chi connectivity index (χ0n) is 37.5. The maximum absolute atomic E-state index is 12.0. The Hall–Kier alpha value is 0.0700. The van der Waals surface area contributed by atoms with Gasteiger partial charge in [-0.25, -0.2) is 4.57 Å². The van der Waals surface area contributed by atoms with Crippen molar-refractivity contribution in [2.75, 3.05) is 19.8 Å². The maximum Gasteiger partial charge on any atom is 0.472 e. The van der Waals surface area contributed by atoms with E-state index in [1.54, 1.807) is 0 Å². The Morgan fingerprint density at radius 2 is 0.481 bits per heavy atom. The number of phosphoric acid groups is 1. The van der Waals surface area contributed by atoms with Gasteiger partial charge in [-0.1, -0.05) is 271 Å². The van der Waals surface area contributed by atoms with Gasteiger partial charge in [-0.2, -0.15) is 0 Å². The minimum absolute atomic E-state index is 0.325. The highest BCUT2D eigenvalue weighted by Gasteiger charge is 2.19. The molecule has 0 saturated heterocycles. The van der Waals surface area contributed by atoms with E-state index in [4.69, 9.17) is 14.8 Å². The molecule has 0 spiro atoms. The summed E-state index contributed by atoms with van der Waals surface area (Å²) in [6.45, 7) is 8.35. The van der Waals surface area contributed by atoms with E-state index in [1.807, 2.05) is 0 Å². The standard InChI is InChI=1S/C36H75O4P.C12H27N/c1-3-5-7-9-11-13-15-17-19-21-23-25-27-29-31-33-35-39-41(37,38)40-36-34-32-30-28-26-24-22-20-18-16-14-12-10-8-6-4-2;1-2-3-4-5-6-7-8-9-10-11-12-13/h3-36H2,1-2H3,(H,37,38);2-13H2,1H3. The number of unbranched alkanes of at least 4 members (excludes halogenated alkanes) is 39. The summed E-state index contributed by atoms with van der Waals surface area (Å²) in [6, 6.07) is 0. The smallest absolute Gasteiger partial charge is 0.330 e. The van der Waals surface area contributed by atoms with Gasteiger partial charge in [-0.15, -0.1) is 0 Å².